The molecule has 1 aromatic carbocycles. The van der Waals surface area contributed by atoms with E-state index in [-0.39, 0.29) is 18.0 Å². The van der Waals surface area contributed by atoms with E-state index in [9.17, 15) is 12.8 Å². The number of rotatable bonds is 7. The molecule has 3 N–H and O–H groups in total. The number of halogens is 1. The number of likely N-dealkylation sites (N-methyl/N-ethyl adjacent to an activating group) is 1. The maximum atomic E-state index is 13.2. The molecule has 1 rings (SSSR count). The molecule has 1 aromatic rings. The van der Waals surface area contributed by atoms with E-state index in [4.69, 9.17) is 5.73 Å². The standard InChI is InChI=1S/C12H20FN3O2S/c1-3-16(2)7-6-15-19(17,18)12-8-11(13)5-4-10(12)9-14/h4-5,8,15H,3,6-7,9,14H2,1-2H3. The molecule has 0 aromatic heterocycles. The van der Waals surface area contributed by atoms with Crippen LogP contribution in [0.15, 0.2) is 23.1 Å². The van der Waals surface area contributed by atoms with Gasteiger partial charge in [0.1, 0.15) is 5.82 Å². The fourth-order valence-electron chi connectivity index (χ4n) is 1.55. The molecule has 0 saturated carbocycles. The topological polar surface area (TPSA) is 75.4 Å². The van der Waals surface area contributed by atoms with Crippen molar-refractivity contribution in [3.05, 3.63) is 29.6 Å². The smallest absolute Gasteiger partial charge is 0.241 e. The Hall–Kier alpha value is -1.02. The van der Waals surface area contributed by atoms with Crippen molar-refractivity contribution in [2.24, 2.45) is 5.73 Å². The fourth-order valence-corrected chi connectivity index (χ4v) is 2.83. The van der Waals surface area contributed by atoms with Crippen molar-refractivity contribution in [2.75, 3.05) is 26.7 Å². The van der Waals surface area contributed by atoms with Crippen LogP contribution in [0.1, 0.15) is 12.5 Å². The number of nitrogens with one attached hydrogen (secondary N) is 1. The lowest BCUT2D eigenvalue weighted by molar-refractivity contribution is 0.358. The maximum Gasteiger partial charge on any atom is 0.241 e. The van der Waals surface area contributed by atoms with Crippen molar-refractivity contribution in [2.45, 2.75) is 18.4 Å². The van der Waals surface area contributed by atoms with Crippen LogP contribution in [0.25, 0.3) is 0 Å². The highest BCUT2D eigenvalue weighted by molar-refractivity contribution is 7.89. The SMILES string of the molecule is CCN(C)CCNS(=O)(=O)c1cc(F)ccc1CN. The first kappa shape index (κ1) is 16.0. The average Bonchev–Trinajstić information content (AvgIpc) is 2.38. The highest BCUT2D eigenvalue weighted by Crippen LogP contribution is 2.16. The molecule has 19 heavy (non-hydrogen) atoms. The van der Waals surface area contributed by atoms with Crippen molar-refractivity contribution < 1.29 is 12.8 Å². The van der Waals surface area contributed by atoms with Gasteiger partial charge in [-0.05, 0) is 31.3 Å². The minimum Gasteiger partial charge on any atom is -0.326 e. The first-order valence-corrected chi connectivity index (χ1v) is 7.55. The molecule has 0 radical (unpaired) electrons. The van der Waals surface area contributed by atoms with Crippen molar-refractivity contribution >= 4 is 10.0 Å². The van der Waals surface area contributed by atoms with Gasteiger partial charge < -0.3 is 10.6 Å². The predicted octanol–water partition coefficient (Wildman–Crippen LogP) is 0.514. The number of hydrogen-bond donors (Lipinski definition) is 2. The van der Waals surface area contributed by atoms with E-state index in [1.54, 1.807) is 0 Å². The second-order valence-electron chi connectivity index (χ2n) is 4.25. The fraction of sp³-hybridized carbons (Fsp3) is 0.500. The van der Waals surface area contributed by atoms with E-state index >= 15 is 0 Å². The Bertz CT molecular complexity index is 520. The van der Waals surface area contributed by atoms with Crippen molar-refractivity contribution in [3.63, 3.8) is 0 Å². The summed E-state index contributed by atoms with van der Waals surface area (Å²) in [4.78, 5) is 1.88. The summed E-state index contributed by atoms with van der Waals surface area (Å²) in [5.41, 5.74) is 5.87. The van der Waals surface area contributed by atoms with Crippen LogP contribution in [0.4, 0.5) is 4.39 Å². The van der Waals surface area contributed by atoms with Crippen molar-refractivity contribution in [1.29, 1.82) is 0 Å². The molecule has 0 amide bonds. The Balaban J connectivity index is 2.85. The zero-order valence-corrected chi connectivity index (χ0v) is 12.0. The van der Waals surface area contributed by atoms with Gasteiger partial charge in [0.25, 0.3) is 0 Å². The van der Waals surface area contributed by atoms with E-state index in [1.807, 2.05) is 18.9 Å². The van der Waals surface area contributed by atoms with Crippen LogP contribution in [0.5, 0.6) is 0 Å². The third-order valence-corrected chi connectivity index (χ3v) is 4.41. The van der Waals surface area contributed by atoms with E-state index in [1.165, 1.54) is 12.1 Å². The normalized spacial score (nSPS) is 12.1. The number of sulfonamides is 1. The van der Waals surface area contributed by atoms with Crippen LogP contribution in [0.2, 0.25) is 0 Å². The molecule has 0 spiro atoms. The molecule has 0 saturated heterocycles. The summed E-state index contributed by atoms with van der Waals surface area (Å²) in [6.45, 7) is 3.71. The monoisotopic (exact) mass is 289 g/mol. The van der Waals surface area contributed by atoms with E-state index < -0.39 is 15.8 Å². The Morgan fingerprint density at radius 1 is 1.42 bits per heavy atom. The largest absolute Gasteiger partial charge is 0.326 e. The first-order valence-electron chi connectivity index (χ1n) is 6.07. The van der Waals surface area contributed by atoms with Crippen LogP contribution in [-0.2, 0) is 16.6 Å². The molecule has 0 atom stereocenters. The van der Waals surface area contributed by atoms with Gasteiger partial charge in [0.15, 0.2) is 0 Å². The Morgan fingerprint density at radius 2 is 2.11 bits per heavy atom. The molecular weight excluding hydrogens is 269 g/mol. The number of nitrogens with zero attached hydrogens (tertiary/aromatic N) is 1. The Labute approximate surface area is 113 Å². The summed E-state index contributed by atoms with van der Waals surface area (Å²) < 4.78 is 39.8. The lowest BCUT2D eigenvalue weighted by Crippen LogP contribution is -2.33. The second-order valence-corrected chi connectivity index (χ2v) is 5.99. The van der Waals surface area contributed by atoms with Gasteiger partial charge in [-0.15, -0.1) is 0 Å². The molecule has 0 aliphatic heterocycles. The van der Waals surface area contributed by atoms with E-state index in [2.05, 4.69) is 4.72 Å². The molecule has 0 aliphatic rings. The minimum absolute atomic E-state index is 0.0470. The van der Waals surface area contributed by atoms with Crippen molar-refractivity contribution in [1.82, 2.24) is 9.62 Å². The summed E-state index contributed by atoms with van der Waals surface area (Å²) >= 11 is 0. The summed E-state index contributed by atoms with van der Waals surface area (Å²) in [5.74, 6) is -0.594. The molecular formula is C12H20FN3O2S. The van der Waals surface area contributed by atoms with Crippen LogP contribution in [0.3, 0.4) is 0 Å². The van der Waals surface area contributed by atoms with E-state index in [0.717, 1.165) is 12.6 Å². The number of hydrogen-bond acceptors (Lipinski definition) is 4. The summed E-state index contributed by atoms with van der Waals surface area (Å²) in [6.07, 6.45) is 0. The highest BCUT2D eigenvalue weighted by Gasteiger charge is 2.18. The van der Waals surface area contributed by atoms with Crippen molar-refractivity contribution in [3.8, 4) is 0 Å². The molecule has 0 aliphatic carbocycles. The lowest BCUT2D eigenvalue weighted by atomic mass is 10.2. The zero-order chi connectivity index (χ0) is 14.5. The van der Waals surface area contributed by atoms with Gasteiger partial charge in [-0.3, -0.25) is 0 Å². The number of benzene rings is 1. The van der Waals surface area contributed by atoms with Crippen LogP contribution < -0.4 is 10.5 Å². The molecule has 0 unspecified atom stereocenters. The van der Waals surface area contributed by atoms with Gasteiger partial charge in [0.2, 0.25) is 10.0 Å². The van der Waals surface area contributed by atoms with Gasteiger partial charge in [-0.1, -0.05) is 13.0 Å². The zero-order valence-electron chi connectivity index (χ0n) is 11.2. The third kappa shape index (κ3) is 4.54. The molecule has 5 nitrogen and oxygen atoms in total. The minimum atomic E-state index is -3.73. The van der Waals surface area contributed by atoms with Gasteiger partial charge in [-0.25, -0.2) is 17.5 Å². The quantitative estimate of drug-likeness (QED) is 0.767. The highest BCUT2D eigenvalue weighted by atomic mass is 32.2. The third-order valence-electron chi connectivity index (χ3n) is 2.86. The Kier molecular flexibility index (Phi) is 5.86. The van der Waals surface area contributed by atoms with Gasteiger partial charge >= 0.3 is 0 Å². The average molecular weight is 289 g/mol. The van der Waals surface area contributed by atoms with Gasteiger partial charge in [0, 0.05) is 19.6 Å². The number of nitrogens with two attached hydrogens (primary N) is 1. The van der Waals surface area contributed by atoms with E-state index in [0.29, 0.717) is 12.1 Å². The molecule has 0 fully saturated rings. The van der Waals surface area contributed by atoms with Crippen LogP contribution in [0, 0.1) is 5.82 Å². The Morgan fingerprint density at radius 3 is 2.68 bits per heavy atom. The summed E-state index contributed by atoms with van der Waals surface area (Å²) in [7, 11) is -1.84. The predicted molar refractivity (Wildman–Crippen MR) is 72.7 cm³/mol. The maximum absolute atomic E-state index is 13.2. The van der Waals surface area contributed by atoms with Crippen LogP contribution >= 0.6 is 0 Å². The molecule has 108 valence electrons. The van der Waals surface area contributed by atoms with Gasteiger partial charge in [-0.2, -0.15) is 0 Å². The first-order chi connectivity index (χ1) is 8.90. The van der Waals surface area contributed by atoms with Crippen LogP contribution in [-0.4, -0.2) is 40.0 Å². The second kappa shape index (κ2) is 6.95. The molecule has 0 heterocycles. The lowest BCUT2D eigenvalue weighted by Gasteiger charge is -2.15. The summed E-state index contributed by atoms with van der Waals surface area (Å²) in [5, 5.41) is 0. The summed E-state index contributed by atoms with van der Waals surface area (Å²) in [6, 6.07) is 3.59. The molecule has 0 bridgehead atoms. The molecule has 7 heteroatoms. The van der Waals surface area contributed by atoms with Gasteiger partial charge in [0.05, 0.1) is 4.90 Å².